The molecule has 0 radical (unpaired) electrons. The topological polar surface area (TPSA) is 268 Å². The Morgan fingerprint density at radius 3 is 1.86 bits per heavy atom. The smallest absolute Gasteiger partial charge is 0.387 e. The highest BCUT2D eigenvalue weighted by Crippen LogP contribution is 2.67. The Bertz CT molecular complexity index is 867. The molecule has 1 aliphatic carbocycles. The van der Waals surface area contributed by atoms with E-state index in [1.165, 1.54) is 0 Å². The van der Waals surface area contributed by atoms with Crippen molar-refractivity contribution in [2.75, 3.05) is 0 Å². The standard InChI is InChI=1S/C11H18N4O12P2/c16-5-6(17)8(19)10(21,9(20)7(5)18)14-3-13-4-1-12-2-15(29(25,26)27)11(4,14)28(22,23)24/h1-3,5-9,16-21H,(H2,22,23,24)(H2,25,26,27)/t5-,6-,7+,8-,9-,10+,11?/m1/s1. The van der Waals surface area contributed by atoms with Gasteiger partial charge in [0.15, 0.2) is 5.72 Å². The van der Waals surface area contributed by atoms with Crippen LogP contribution in [0.2, 0.25) is 0 Å². The van der Waals surface area contributed by atoms with Crippen LogP contribution >= 0.6 is 15.3 Å². The summed E-state index contributed by atoms with van der Waals surface area (Å²) < 4.78 is 24.3. The second-order valence-corrected chi connectivity index (χ2v) is 9.74. The number of aliphatic hydroxyl groups is 6. The lowest BCUT2D eigenvalue weighted by Gasteiger charge is -2.57. The summed E-state index contributed by atoms with van der Waals surface area (Å²) in [6, 6.07) is 0. The molecule has 0 saturated heterocycles. The van der Waals surface area contributed by atoms with Crippen LogP contribution < -0.4 is 0 Å². The highest BCUT2D eigenvalue weighted by Gasteiger charge is 2.74. The van der Waals surface area contributed by atoms with Crippen molar-refractivity contribution in [2.45, 2.75) is 41.6 Å². The Hall–Kier alpha value is -1.26. The Morgan fingerprint density at radius 1 is 0.897 bits per heavy atom. The number of aliphatic hydroxyl groups excluding tert-OH is 5. The molecule has 7 atom stereocenters. The van der Waals surface area contributed by atoms with Crippen LogP contribution in [-0.4, -0.2) is 114 Å². The van der Waals surface area contributed by atoms with E-state index < -0.39 is 62.7 Å². The minimum Gasteiger partial charge on any atom is -0.387 e. The summed E-state index contributed by atoms with van der Waals surface area (Å²) in [5.74, 6) is 0. The Morgan fingerprint density at radius 2 is 1.41 bits per heavy atom. The lowest BCUT2D eigenvalue weighted by molar-refractivity contribution is -0.310. The monoisotopic (exact) mass is 460 g/mol. The molecule has 0 aromatic heterocycles. The summed E-state index contributed by atoms with van der Waals surface area (Å²) in [5.41, 5.74) is -4.18. The lowest BCUT2D eigenvalue weighted by Crippen LogP contribution is -2.80. The van der Waals surface area contributed by atoms with Gasteiger partial charge in [0.1, 0.15) is 42.6 Å². The van der Waals surface area contributed by atoms with Gasteiger partial charge < -0.3 is 50.2 Å². The van der Waals surface area contributed by atoms with Gasteiger partial charge in [-0.15, -0.1) is 0 Å². The zero-order valence-corrected chi connectivity index (χ0v) is 15.9. The summed E-state index contributed by atoms with van der Waals surface area (Å²) in [6.45, 7) is 0. The normalized spacial score (nSPS) is 42.8. The molecule has 0 spiro atoms. The number of hydrogen-bond donors (Lipinski definition) is 10. The molecule has 10 N–H and O–H groups in total. The van der Waals surface area contributed by atoms with Crippen LogP contribution in [0.5, 0.6) is 0 Å². The van der Waals surface area contributed by atoms with Crippen molar-refractivity contribution >= 4 is 28.0 Å². The minimum atomic E-state index is -5.82. The fourth-order valence-corrected chi connectivity index (χ4v) is 6.24. The van der Waals surface area contributed by atoms with Crippen LogP contribution in [-0.2, 0) is 9.13 Å². The van der Waals surface area contributed by atoms with Crippen LogP contribution in [0, 0.1) is 0 Å². The first-order chi connectivity index (χ1) is 13.1. The third-order valence-electron chi connectivity index (χ3n) is 4.97. The van der Waals surface area contributed by atoms with Crippen molar-refractivity contribution in [1.29, 1.82) is 0 Å². The molecule has 3 rings (SSSR count). The first-order valence-electron chi connectivity index (χ1n) is 7.74. The molecule has 0 aromatic rings. The van der Waals surface area contributed by atoms with Gasteiger partial charge in [-0.1, -0.05) is 0 Å². The van der Waals surface area contributed by atoms with Gasteiger partial charge >= 0.3 is 15.3 Å². The number of nitrogens with zero attached hydrogens (tertiary/aromatic N) is 4. The fraction of sp³-hybridized carbons (Fsp3) is 0.636. The van der Waals surface area contributed by atoms with Gasteiger partial charge in [-0.05, 0) is 0 Å². The van der Waals surface area contributed by atoms with E-state index in [1.807, 2.05) is 0 Å². The molecule has 1 fully saturated rings. The third kappa shape index (κ3) is 2.78. The maximum Gasteiger partial charge on any atom is 0.433 e. The number of rotatable bonds is 3. The number of aliphatic imine (C=N–C) groups is 2. The minimum absolute atomic E-state index is 0.0184. The van der Waals surface area contributed by atoms with Crippen molar-refractivity contribution in [3.63, 3.8) is 0 Å². The van der Waals surface area contributed by atoms with E-state index in [0.717, 1.165) is 0 Å². The first-order valence-corrected chi connectivity index (χ1v) is 10.9. The lowest BCUT2D eigenvalue weighted by atomic mass is 9.79. The van der Waals surface area contributed by atoms with Gasteiger partial charge in [0.2, 0.25) is 0 Å². The van der Waals surface area contributed by atoms with Gasteiger partial charge in [-0.25, -0.2) is 19.2 Å². The second-order valence-electron chi connectivity index (χ2n) is 6.58. The zero-order valence-electron chi connectivity index (χ0n) is 14.1. The quantitative estimate of drug-likeness (QED) is 0.177. The molecule has 1 saturated carbocycles. The molecule has 0 amide bonds. The maximum atomic E-state index is 12.5. The van der Waals surface area contributed by atoms with Crippen LogP contribution in [0.3, 0.4) is 0 Å². The van der Waals surface area contributed by atoms with Crippen molar-refractivity contribution < 1.29 is 59.3 Å². The molecule has 0 aromatic carbocycles. The Labute approximate surface area is 161 Å². The predicted octanol–water partition coefficient (Wildman–Crippen LogP) is -5.05. The summed E-state index contributed by atoms with van der Waals surface area (Å²) in [5, 5.41) is 57.9. The van der Waals surface area contributed by atoms with Crippen molar-refractivity contribution in [1.82, 2.24) is 9.57 Å². The molecule has 3 aliphatic rings. The van der Waals surface area contributed by atoms with E-state index in [9.17, 15) is 59.3 Å². The van der Waals surface area contributed by atoms with Crippen LogP contribution in [0.25, 0.3) is 0 Å². The van der Waals surface area contributed by atoms with Gasteiger partial charge in [0.25, 0.3) is 5.40 Å². The summed E-state index contributed by atoms with van der Waals surface area (Å²) >= 11 is 0. The van der Waals surface area contributed by atoms with E-state index >= 15 is 0 Å². The molecule has 1 unspecified atom stereocenters. The molecular formula is C11H18N4O12P2. The van der Waals surface area contributed by atoms with Gasteiger partial charge in [-0.3, -0.25) is 9.46 Å². The van der Waals surface area contributed by atoms with Gasteiger partial charge in [0.05, 0.1) is 12.5 Å². The molecule has 2 aliphatic heterocycles. The zero-order chi connectivity index (χ0) is 22.2. The molecule has 29 heavy (non-hydrogen) atoms. The van der Waals surface area contributed by atoms with Crippen LogP contribution in [0.15, 0.2) is 21.9 Å². The fourth-order valence-electron chi connectivity index (χ4n) is 3.56. The molecule has 2 heterocycles. The van der Waals surface area contributed by atoms with E-state index in [0.29, 0.717) is 18.9 Å². The molecule has 16 nitrogen and oxygen atoms in total. The SMILES string of the molecule is O=P(O)(O)N1C=NC=C2N=CN([C@]3(O)[C@H](O)[C@H](O)[C@@H](O)[C@H](O)[C@H]3O)C21P(=O)(O)O. The number of hydrogen-bond acceptors (Lipinski definition) is 11. The average molecular weight is 460 g/mol. The van der Waals surface area contributed by atoms with Crippen LogP contribution in [0.1, 0.15) is 0 Å². The van der Waals surface area contributed by atoms with E-state index in [4.69, 9.17) is 0 Å². The van der Waals surface area contributed by atoms with Gasteiger partial charge in [-0.2, -0.15) is 0 Å². The molecule has 0 bridgehead atoms. The first kappa shape index (κ1) is 22.4. The van der Waals surface area contributed by atoms with E-state index in [2.05, 4.69) is 9.98 Å². The van der Waals surface area contributed by atoms with Gasteiger partial charge in [0, 0.05) is 0 Å². The summed E-state index contributed by atoms with van der Waals surface area (Å²) in [4.78, 5) is 46.4. The largest absolute Gasteiger partial charge is 0.433 e. The van der Waals surface area contributed by atoms with E-state index in [1.54, 1.807) is 0 Å². The third-order valence-corrected chi connectivity index (χ3v) is 7.56. The Balaban J connectivity index is 2.30. The molecule has 18 heteroatoms. The van der Waals surface area contributed by atoms with E-state index in [-0.39, 0.29) is 9.57 Å². The average Bonchev–Trinajstić information content (AvgIpc) is 3.03. The van der Waals surface area contributed by atoms with Crippen molar-refractivity contribution in [3.05, 3.63) is 11.9 Å². The summed E-state index contributed by atoms with van der Waals surface area (Å²) in [7, 11) is -11.4. The highest BCUT2D eigenvalue weighted by molar-refractivity contribution is 7.56. The summed E-state index contributed by atoms with van der Waals surface area (Å²) in [6.07, 6.45) is -10.6. The molecular weight excluding hydrogens is 442 g/mol. The van der Waals surface area contributed by atoms with Crippen LogP contribution in [0.4, 0.5) is 0 Å². The highest BCUT2D eigenvalue weighted by atomic mass is 31.2. The predicted molar refractivity (Wildman–Crippen MR) is 90.5 cm³/mol. The maximum absolute atomic E-state index is 12.5. The molecule has 164 valence electrons. The number of fused-ring (bicyclic) bond motifs is 1. The van der Waals surface area contributed by atoms with Crippen molar-refractivity contribution in [3.8, 4) is 0 Å². The Kier molecular flexibility index (Phi) is 5.12. The van der Waals surface area contributed by atoms with Crippen molar-refractivity contribution in [2.24, 2.45) is 9.98 Å². The second kappa shape index (κ2) is 6.62.